The SMILES string of the molecule is CCCCn1c(N)c(N(C)C(=O)Cn2c(=O)oc3ccccc32)c(=O)[nH]c1=O. The number of amides is 1. The first-order valence-electron chi connectivity index (χ1n) is 8.82. The van der Waals surface area contributed by atoms with E-state index in [0.29, 0.717) is 24.1 Å². The average molecular weight is 387 g/mol. The minimum Gasteiger partial charge on any atom is -0.408 e. The Bertz CT molecular complexity index is 1200. The number of nitrogens with zero attached hydrogens (tertiary/aromatic N) is 3. The Labute approximate surface area is 158 Å². The fraction of sp³-hybridized carbons (Fsp3) is 0.333. The number of para-hydroxylation sites is 2. The molecular formula is C18H21N5O5. The molecule has 10 nitrogen and oxygen atoms in total. The molecule has 0 spiro atoms. The van der Waals surface area contributed by atoms with E-state index in [4.69, 9.17) is 10.2 Å². The van der Waals surface area contributed by atoms with Crippen molar-refractivity contribution in [3.63, 3.8) is 0 Å². The van der Waals surface area contributed by atoms with Crippen molar-refractivity contribution in [3.05, 3.63) is 55.7 Å². The van der Waals surface area contributed by atoms with Gasteiger partial charge in [0, 0.05) is 13.6 Å². The number of hydrogen-bond acceptors (Lipinski definition) is 6. The molecule has 0 saturated carbocycles. The Morgan fingerprint density at radius 2 is 1.93 bits per heavy atom. The summed E-state index contributed by atoms with van der Waals surface area (Å²) in [5.41, 5.74) is 5.30. The molecule has 3 N–H and O–H groups in total. The first kappa shape index (κ1) is 19.2. The Kier molecular flexibility index (Phi) is 5.21. The van der Waals surface area contributed by atoms with Crippen LogP contribution in [-0.4, -0.2) is 27.1 Å². The third-order valence-corrected chi connectivity index (χ3v) is 4.53. The van der Waals surface area contributed by atoms with Crippen LogP contribution in [0.3, 0.4) is 0 Å². The van der Waals surface area contributed by atoms with Crippen LogP contribution in [0.4, 0.5) is 11.5 Å². The van der Waals surface area contributed by atoms with Crippen molar-refractivity contribution in [1.82, 2.24) is 14.1 Å². The summed E-state index contributed by atoms with van der Waals surface area (Å²) in [4.78, 5) is 52.4. The number of rotatable bonds is 6. The van der Waals surface area contributed by atoms with Crippen molar-refractivity contribution < 1.29 is 9.21 Å². The van der Waals surface area contributed by atoms with Gasteiger partial charge in [0.2, 0.25) is 5.91 Å². The number of nitrogens with two attached hydrogens (primary N) is 1. The van der Waals surface area contributed by atoms with Crippen molar-refractivity contribution in [2.24, 2.45) is 0 Å². The van der Waals surface area contributed by atoms with Gasteiger partial charge in [0.15, 0.2) is 11.3 Å². The monoisotopic (exact) mass is 387 g/mol. The molecular weight excluding hydrogens is 366 g/mol. The van der Waals surface area contributed by atoms with E-state index >= 15 is 0 Å². The summed E-state index contributed by atoms with van der Waals surface area (Å²) in [6.07, 6.45) is 1.51. The number of nitrogens with one attached hydrogen (secondary N) is 1. The second-order valence-corrected chi connectivity index (χ2v) is 6.37. The standard InChI is InChI=1S/C18H21N5O5/c1-3-4-9-22-15(19)14(16(25)20-17(22)26)21(2)13(24)10-23-11-7-5-6-8-12(11)28-18(23)27/h5-8H,3-4,9-10,19H2,1-2H3,(H,20,25,26). The number of nitrogen functional groups attached to an aromatic ring is 1. The van der Waals surface area contributed by atoms with Gasteiger partial charge >= 0.3 is 11.4 Å². The Hall–Kier alpha value is -3.56. The van der Waals surface area contributed by atoms with E-state index in [-0.39, 0.29) is 18.1 Å². The molecule has 0 bridgehead atoms. The van der Waals surface area contributed by atoms with Crippen molar-refractivity contribution in [2.45, 2.75) is 32.9 Å². The van der Waals surface area contributed by atoms with Gasteiger partial charge in [-0.15, -0.1) is 0 Å². The van der Waals surface area contributed by atoms with E-state index in [1.165, 1.54) is 16.2 Å². The third kappa shape index (κ3) is 3.36. The fourth-order valence-corrected chi connectivity index (χ4v) is 2.97. The Morgan fingerprint density at radius 1 is 1.21 bits per heavy atom. The number of anilines is 2. The van der Waals surface area contributed by atoms with Gasteiger partial charge in [-0.05, 0) is 18.6 Å². The maximum absolute atomic E-state index is 12.8. The minimum absolute atomic E-state index is 0.0950. The zero-order valence-electron chi connectivity index (χ0n) is 15.6. The Balaban J connectivity index is 1.97. The zero-order valence-corrected chi connectivity index (χ0v) is 15.6. The molecule has 0 unspecified atom stereocenters. The van der Waals surface area contributed by atoms with Gasteiger partial charge < -0.3 is 15.1 Å². The summed E-state index contributed by atoms with van der Waals surface area (Å²) in [5.74, 6) is -1.34. The molecule has 0 aliphatic rings. The van der Waals surface area contributed by atoms with Gasteiger partial charge in [0.05, 0.1) is 5.52 Å². The fourth-order valence-electron chi connectivity index (χ4n) is 2.97. The molecule has 1 aromatic carbocycles. The van der Waals surface area contributed by atoms with Gasteiger partial charge in [-0.25, -0.2) is 9.59 Å². The number of aromatic amines is 1. The molecule has 1 amide bonds. The van der Waals surface area contributed by atoms with Crippen molar-refractivity contribution in [1.29, 1.82) is 0 Å². The highest BCUT2D eigenvalue weighted by Gasteiger charge is 2.22. The van der Waals surface area contributed by atoms with Gasteiger partial charge in [-0.2, -0.15) is 0 Å². The lowest BCUT2D eigenvalue weighted by Crippen LogP contribution is -2.41. The molecule has 2 aromatic heterocycles. The first-order chi connectivity index (χ1) is 13.3. The lowest BCUT2D eigenvalue weighted by Gasteiger charge is -2.20. The molecule has 0 radical (unpaired) electrons. The van der Waals surface area contributed by atoms with Gasteiger partial charge in [-0.1, -0.05) is 25.5 Å². The number of oxazole rings is 1. The molecule has 0 aliphatic heterocycles. The summed E-state index contributed by atoms with van der Waals surface area (Å²) in [5, 5.41) is 0. The van der Waals surface area contributed by atoms with Crippen LogP contribution in [0.15, 0.2) is 43.1 Å². The summed E-state index contributed by atoms with van der Waals surface area (Å²) in [7, 11) is 1.37. The van der Waals surface area contributed by atoms with Gasteiger partial charge in [0.1, 0.15) is 12.4 Å². The quantitative estimate of drug-likeness (QED) is 0.632. The molecule has 0 aliphatic carbocycles. The molecule has 28 heavy (non-hydrogen) atoms. The highest BCUT2D eigenvalue weighted by molar-refractivity contribution is 5.95. The van der Waals surface area contributed by atoms with Crippen molar-refractivity contribution in [3.8, 4) is 0 Å². The number of carbonyl (C=O) groups excluding carboxylic acids is 1. The summed E-state index contributed by atoms with van der Waals surface area (Å²) < 4.78 is 7.51. The van der Waals surface area contributed by atoms with Crippen LogP contribution in [-0.2, 0) is 17.9 Å². The number of H-pyrrole nitrogens is 1. The predicted octanol–water partition coefficient (Wildman–Crippen LogP) is 0.490. The molecule has 10 heteroatoms. The molecule has 3 rings (SSSR count). The highest BCUT2D eigenvalue weighted by Crippen LogP contribution is 2.17. The maximum Gasteiger partial charge on any atom is 0.420 e. The molecule has 0 saturated heterocycles. The van der Waals surface area contributed by atoms with Crippen molar-refractivity contribution >= 4 is 28.5 Å². The molecule has 0 atom stereocenters. The summed E-state index contributed by atoms with van der Waals surface area (Å²) >= 11 is 0. The second kappa shape index (κ2) is 7.59. The number of carbonyl (C=O) groups is 1. The minimum atomic E-state index is -0.768. The normalized spacial score (nSPS) is 11.1. The van der Waals surface area contributed by atoms with Gasteiger partial charge in [0.25, 0.3) is 5.56 Å². The predicted molar refractivity (Wildman–Crippen MR) is 105 cm³/mol. The number of aromatic nitrogens is 3. The van der Waals surface area contributed by atoms with Crippen LogP contribution >= 0.6 is 0 Å². The van der Waals surface area contributed by atoms with Crippen LogP contribution < -0.4 is 27.6 Å². The van der Waals surface area contributed by atoms with Crippen LogP contribution in [0.5, 0.6) is 0 Å². The number of benzene rings is 1. The second-order valence-electron chi connectivity index (χ2n) is 6.37. The molecule has 3 aromatic rings. The highest BCUT2D eigenvalue weighted by atomic mass is 16.4. The van der Waals surface area contributed by atoms with Crippen LogP contribution in [0.2, 0.25) is 0 Å². The van der Waals surface area contributed by atoms with E-state index < -0.39 is 22.9 Å². The zero-order chi connectivity index (χ0) is 20.4. The smallest absolute Gasteiger partial charge is 0.408 e. The molecule has 148 valence electrons. The van der Waals surface area contributed by atoms with E-state index in [0.717, 1.165) is 11.3 Å². The van der Waals surface area contributed by atoms with Crippen LogP contribution in [0.25, 0.3) is 11.1 Å². The van der Waals surface area contributed by atoms with Gasteiger partial charge in [-0.3, -0.25) is 23.7 Å². The largest absolute Gasteiger partial charge is 0.420 e. The van der Waals surface area contributed by atoms with E-state index in [1.807, 2.05) is 6.92 Å². The van der Waals surface area contributed by atoms with E-state index in [2.05, 4.69) is 4.98 Å². The number of likely N-dealkylation sites (N-methyl/N-ethyl adjacent to an activating group) is 1. The maximum atomic E-state index is 12.8. The number of hydrogen-bond donors (Lipinski definition) is 2. The average Bonchev–Trinajstić information content (AvgIpc) is 2.96. The Morgan fingerprint density at radius 3 is 2.64 bits per heavy atom. The van der Waals surface area contributed by atoms with Crippen molar-refractivity contribution in [2.75, 3.05) is 17.7 Å². The van der Waals surface area contributed by atoms with E-state index in [9.17, 15) is 19.2 Å². The summed E-state index contributed by atoms with van der Waals surface area (Å²) in [6.45, 7) is 1.93. The lowest BCUT2D eigenvalue weighted by atomic mass is 10.3. The lowest BCUT2D eigenvalue weighted by molar-refractivity contribution is -0.118. The molecule has 0 fully saturated rings. The van der Waals surface area contributed by atoms with Crippen LogP contribution in [0, 0.1) is 0 Å². The summed E-state index contributed by atoms with van der Waals surface area (Å²) in [6, 6.07) is 6.70. The number of fused-ring (bicyclic) bond motifs is 1. The number of unbranched alkanes of at least 4 members (excludes halogenated alkanes) is 1. The van der Waals surface area contributed by atoms with Crippen LogP contribution in [0.1, 0.15) is 19.8 Å². The first-order valence-corrected chi connectivity index (χ1v) is 8.82. The molecule has 2 heterocycles. The topological polar surface area (TPSA) is 136 Å². The van der Waals surface area contributed by atoms with E-state index in [1.54, 1.807) is 24.3 Å². The third-order valence-electron chi connectivity index (χ3n) is 4.53.